The molecule has 36 heavy (non-hydrogen) atoms. The maximum Gasteiger partial charge on any atom is 0.319 e. The Morgan fingerprint density at radius 2 is 2.03 bits per heavy atom. The van der Waals surface area contributed by atoms with Gasteiger partial charge in [-0.1, -0.05) is 0 Å². The number of hydrogen-bond acceptors (Lipinski definition) is 7. The highest BCUT2D eigenvalue weighted by Gasteiger charge is 2.24. The number of likely N-dealkylation sites (tertiary alicyclic amines) is 1. The molecular weight excluding hydrogens is 464 g/mol. The quantitative estimate of drug-likeness (QED) is 0.438. The Morgan fingerprint density at radius 3 is 2.83 bits per heavy atom. The van der Waals surface area contributed by atoms with Gasteiger partial charge < -0.3 is 14.5 Å². The first kappa shape index (κ1) is 22.8. The van der Waals surface area contributed by atoms with E-state index in [1.807, 2.05) is 11.0 Å². The number of nitrogens with one attached hydrogen (secondary N) is 1. The third-order valence-corrected chi connectivity index (χ3v) is 7.22. The first-order valence-corrected chi connectivity index (χ1v) is 12.2. The van der Waals surface area contributed by atoms with Gasteiger partial charge in [-0.05, 0) is 63.6 Å². The summed E-state index contributed by atoms with van der Waals surface area (Å²) in [5, 5.41) is 8.38. The normalized spacial score (nSPS) is 18.8. The number of fused-ring (bicyclic) bond motifs is 2. The van der Waals surface area contributed by atoms with Crippen LogP contribution in [0, 0.1) is 12.7 Å². The zero-order chi connectivity index (χ0) is 24.8. The largest absolute Gasteiger partial charge is 0.462 e. The molecule has 1 fully saturated rings. The molecule has 1 atom stereocenters. The van der Waals surface area contributed by atoms with Crippen LogP contribution in [-0.2, 0) is 0 Å². The summed E-state index contributed by atoms with van der Waals surface area (Å²) >= 11 is 0. The molecule has 0 saturated carbocycles. The second-order valence-corrected chi connectivity index (χ2v) is 9.55. The van der Waals surface area contributed by atoms with Crippen LogP contribution in [0.2, 0.25) is 0 Å². The van der Waals surface area contributed by atoms with E-state index in [4.69, 9.17) is 9.72 Å². The highest BCUT2D eigenvalue weighted by molar-refractivity contribution is 5.98. The number of likely N-dealkylation sites (N-methyl/N-ethyl adjacent to an activating group) is 1. The summed E-state index contributed by atoms with van der Waals surface area (Å²) in [5.41, 5.74) is 2.91. The van der Waals surface area contributed by atoms with Gasteiger partial charge in [-0.15, -0.1) is 0 Å². The molecular formula is C26H27F2N7O. The standard InChI is InChI=1S/C26H27F2N7O/c1-15-20(28)9-22-18(12-30-33-22)24(15)23-10-21-19(11-29-23)25(35-8-3-5-16(27)13-35)32-26(31-21)36-14-17-6-4-7-34(17)2/h5,9-12,17H,3-4,6-8,13-14H2,1-2H3,(H,30,33). The second-order valence-electron chi connectivity index (χ2n) is 9.55. The Labute approximate surface area is 207 Å². The number of benzene rings is 1. The third kappa shape index (κ3) is 4.05. The van der Waals surface area contributed by atoms with E-state index in [-0.39, 0.29) is 24.2 Å². The molecule has 4 aromatic rings. The average molecular weight is 492 g/mol. The summed E-state index contributed by atoms with van der Waals surface area (Å²) in [6.45, 7) is 4.01. The van der Waals surface area contributed by atoms with Crippen molar-refractivity contribution in [1.29, 1.82) is 0 Å². The van der Waals surface area contributed by atoms with Gasteiger partial charge >= 0.3 is 6.01 Å². The Morgan fingerprint density at radius 1 is 1.14 bits per heavy atom. The molecule has 3 aromatic heterocycles. The lowest BCUT2D eigenvalue weighted by molar-refractivity contribution is 0.188. The summed E-state index contributed by atoms with van der Waals surface area (Å²) in [7, 11) is 2.09. The molecule has 1 unspecified atom stereocenters. The molecule has 0 aliphatic carbocycles. The van der Waals surface area contributed by atoms with Crippen LogP contribution in [0.1, 0.15) is 24.8 Å². The van der Waals surface area contributed by atoms with E-state index in [2.05, 4.69) is 32.1 Å². The topological polar surface area (TPSA) is 83.1 Å². The molecule has 0 amide bonds. The molecule has 2 aliphatic heterocycles. The van der Waals surface area contributed by atoms with Crippen LogP contribution in [0.4, 0.5) is 14.6 Å². The van der Waals surface area contributed by atoms with Gasteiger partial charge in [0, 0.05) is 29.7 Å². The fourth-order valence-electron chi connectivity index (χ4n) is 5.17. The number of aromatic amines is 1. The van der Waals surface area contributed by atoms with Gasteiger partial charge in [0.05, 0.1) is 34.9 Å². The van der Waals surface area contributed by atoms with Crippen LogP contribution >= 0.6 is 0 Å². The van der Waals surface area contributed by atoms with Crippen molar-refractivity contribution in [3.8, 4) is 17.3 Å². The van der Waals surface area contributed by atoms with Crippen molar-refractivity contribution in [1.82, 2.24) is 30.0 Å². The first-order valence-electron chi connectivity index (χ1n) is 12.2. The minimum atomic E-state index is -0.340. The summed E-state index contributed by atoms with van der Waals surface area (Å²) in [4.78, 5) is 18.2. The van der Waals surface area contributed by atoms with Crippen LogP contribution in [-0.4, -0.2) is 69.4 Å². The number of rotatable bonds is 5. The fraction of sp³-hybridized carbons (Fsp3) is 0.385. The molecule has 6 rings (SSSR count). The molecule has 1 saturated heterocycles. The molecule has 0 radical (unpaired) electrons. The van der Waals surface area contributed by atoms with Crippen LogP contribution < -0.4 is 9.64 Å². The monoisotopic (exact) mass is 491 g/mol. The Hall–Kier alpha value is -3.66. The molecule has 2 aliphatic rings. The SMILES string of the molecule is Cc1c(F)cc2[nH]ncc2c1-c1cc2nc(OCC3CCCN3C)nc(N3CCC=C(F)C3)c2cn1. The summed E-state index contributed by atoms with van der Waals surface area (Å²) in [6, 6.07) is 3.81. The van der Waals surface area contributed by atoms with Gasteiger partial charge in [0.25, 0.3) is 0 Å². The lowest BCUT2D eigenvalue weighted by Gasteiger charge is -2.27. The molecule has 1 aromatic carbocycles. The van der Waals surface area contributed by atoms with E-state index in [1.165, 1.54) is 6.07 Å². The van der Waals surface area contributed by atoms with E-state index in [1.54, 1.807) is 25.4 Å². The maximum atomic E-state index is 14.7. The zero-order valence-corrected chi connectivity index (χ0v) is 20.3. The minimum Gasteiger partial charge on any atom is -0.462 e. The number of pyridine rings is 1. The first-order chi connectivity index (χ1) is 17.5. The van der Waals surface area contributed by atoms with Crippen LogP contribution in [0.25, 0.3) is 33.1 Å². The van der Waals surface area contributed by atoms with Gasteiger partial charge in [-0.25, -0.2) is 8.78 Å². The molecule has 1 N–H and O–H groups in total. The molecule has 186 valence electrons. The smallest absolute Gasteiger partial charge is 0.319 e. The van der Waals surface area contributed by atoms with Crippen molar-refractivity contribution >= 4 is 27.6 Å². The molecule has 10 heteroatoms. The fourth-order valence-corrected chi connectivity index (χ4v) is 5.17. The number of aromatic nitrogens is 5. The van der Waals surface area contributed by atoms with E-state index < -0.39 is 0 Å². The number of hydrogen-bond donors (Lipinski definition) is 1. The zero-order valence-electron chi connectivity index (χ0n) is 20.3. The molecule has 8 nitrogen and oxygen atoms in total. The average Bonchev–Trinajstić information content (AvgIpc) is 3.50. The van der Waals surface area contributed by atoms with Gasteiger partial charge in [0.15, 0.2) is 0 Å². The van der Waals surface area contributed by atoms with Crippen molar-refractivity contribution in [2.75, 3.05) is 38.2 Å². The highest BCUT2D eigenvalue weighted by Crippen LogP contribution is 2.35. The van der Waals surface area contributed by atoms with Crippen LogP contribution in [0.5, 0.6) is 6.01 Å². The molecule has 5 heterocycles. The lowest BCUT2D eigenvalue weighted by Crippen LogP contribution is -2.32. The van der Waals surface area contributed by atoms with E-state index in [0.717, 1.165) is 24.8 Å². The van der Waals surface area contributed by atoms with Crippen LogP contribution in [0.15, 0.2) is 36.4 Å². The summed E-state index contributed by atoms with van der Waals surface area (Å²) in [6.07, 6.45) is 7.75. The summed E-state index contributed by atoms with van der Waals surface area (Å²) < 4.78 is 35.0. The van der Waals surface area contributed by atoms with Crippen molar-refractivity contribution < 1.29 is 13.5 Å². The van der Waals surface area contributed by atoms with Gasteiger partial charge in [-0.3, -0.25) is 10.1 Å². The third-order valence-electron chi connectivity index (χ3n) is 7.22. The van der Waals surface area contributed by atoms with Gasteiger partial charge in [-0.2, -0.15) is 15.1 Å². The predicted molar refractivity (Wildman–Crippen MR) is 134 cm³/mol. The lowest BCUT2D eigenvalue weighted by atomic mass is 9.99. The minimum absolute atomic E-state index is 0.136. The second kappa shape index (κ2) is 9.09. The van der Waals surface area contributed by atoms with Crippen molar-refractivity contribution in [3.63, 3.8) is 0 Å². The Bertz CT molecular complexity index is 1480. The maximum absolute atomic E-state index is 14.7. The molecule has 0 spiro atoms. The van der Waals surface area contributed by atoms with E-state index in [0.29, 0.717) is 64.7 Å². The molecule has 0 bridgehead atoms. The number of anilines is 1. The highest BCUT2D eigenvalue weighted by atomic mass is 19.1. The van der Waals surface area contributed by atoms with Gasteiger partial charge in [0.2, 0.25) is 0 Å². The number of halogens is 2. The van der Waals surface area contributed by atoms with Crippen molar-refractivity contribution in [2.24, 2.45) is 0 Å². The van der Waals surface area contributed by atoms with Crippen molar-refractivity contribution in [3.05, 3.63) is 47.8 Å². The van der Waals surface area contributed by atoms with E-state index >= 15 is 0 Å². The van der Waals surface area contributed by atoms with Gasteiger partial charge in [0.1, 0.15) is 24.1 Å². The number of nitrogens with zero attached hydrogens (tertiary/aromatic N) is 6. The number of ether oxygens (including phenoxy) is 1. The van der Waals surface area contributed by atoms with Crippen LogP contribution in [0.3, 0.4) is 0 Å². The Balaban J connectivity index is 1.46. The van der Waals surface area contributed by atoms with E-state index in [9.17, 15) is 8.78 Å². The predicted octanol–water partition coefficient (Wildman–Crippen LogP) is 4.55. The summed E-state index contributed by atoms with van der Waals surface area (Å²) in [5.74, 6) is 0.0548. The number of H-pyrrole nitrogens is 1. The van der Waals surface area contributed by atoms with Crippen molar-refractivity contribution in [2.45, 2.75) is 32.2 Å². The Kier molecular flexibility index (Phi) is 5.75.